The van der Waals surface area contributed by atoms with Crippen molar-refractivity contribution in [3.05, 3.63) is 42.0 Å². The van der Waals surface area contributed by atoms with Crippen molar-refractivity contribution in [3.63, 3.8) is 0 Å². The number of carbonyl (C=O) groups is 1. The second kappa shape index (κ2) is 8.12. The van der Waals surface area contributed by atoms with Crippen molar-refractivity contribution < 1.29 is 14.3 Å². The summed E-state index contributed by atoms with van der Waals surface area (Å²) in [5.74, 6) is 1.54. The number of fused-ring (bicyclic) bond motifs is 1. The van der Waals surface area contributed by atoms with E-state index in [2.05, 4.69) is 19.0 Å². The molecule has 0 spiro atoms. The van der Waals surface area contributed by atoms with Gasteiger partial charge in [-0.15, -0.1) is 0 Å². The van der Waals surface area contributed by atoms with E-state index in [1.807, 2.05) is 36.4 Å². The number of rotatable bonds is 6. The Morgan fingerprint density at radius 3 is 2.96 bits per heavy atom. The second-order valence-electron chi connectivity index (χ2n) is 6.72. The Bertz CT molecular complexity index is 990. The summed E-state index contributed by atoms with van der Waals surface area (Å²) in [6.07, 6.45) is 2.01. The molecule has 1 aromatic heterocycles. The van der Waals surface area contributed by atoms with Crippen LogP contribution in [0.4, 0.5) is 5.69 Å². The lowest BCUT2D eigenvalue weighted by Gasteiger charge is -2.26. The van der Waals surface area contributed by atoms with Gasteiger partial charge in [0, 0.05) is 11.6 Å². The molecule has 7 nitrogen and oxygen atoms in total. The molecular formula is C20H22N4O3S. The van der Waals surface area contributed by atoms with E-state index in [1.54, 1.807) is 14.2 Å². The molecule has 0 aliphatic carbocycles. The Balaban J connectivity index is 1.51. The minimum atomic E-state index is -0.0609. The number of likely N-dealkylation sites (tertiary alicyclic amines) is 1. The van der Waals surface area contributed by atoms with Crippen LogP contribution in [0.1, 0.15) is 24.4 Å². The Kier molecular flexibility index (Phi) is 5.40. The first-order valence-corrected chi connectivity index (χ1v) is 9.89. The van der Waals surface area contributed by atoms with Crippen molar-refractivity contribution >= 4 is 34.4 Å². The minimum absolute atomic E-state index is 0.0609. The van der Waals surface area contributed by atoms with Gasteiger partial charge in [-0.3, -0.25) is 9.69 Å². The molecule has 1 atom stereocenters. The van der Waals surface area contributed by atoms with Crippen LogP contribution in [0.2, 0.25) is 0 Å². The Morgan fingerprint density at radius 1 is 1.25 bits per heavy atom. The molecule has 1 N–H and O–H groups in total. The number of nitrogens with zero attached hydrogens (tertiary/aromatic N) is 3. The Labute approximate surface area is 167 Å². The van der Waals surface area contributed by atoms with Crippen LogP contribution in [0.15, 0.2) is 36.4 Å². The van der Waals surface area contributed by atoms with E-state index in [-0.39, 0.29) is 11.9 Å². The maximum Gasteiger partial charge on any atom is 0.238 e. The predicted octanol–water partition coefficient (Wildman–Crippen LogP) is 3.48. The van der Waals surface area contributed by atoms with Crippen LogP contribution in [0.25, 0.3) is 11.0 Å². The number of hydrogen-bond acceptors (Lipinski definition) is 7. The zero-order valence-corrected chi connectivity index (χ0v) is 16.7. The van der Waals surface area contributed by atoms with Gasteiger partial charge in [0.05, 0.1) is 38.2 Å². The predicted molar refractivity (Wildman–Crippen MR) is 109 cm³/mol. The van der Waals surface area contributed by atoms with E-state index in [0.717, 1.165) is 59.2 Å². The first-order chi connectivity index (χ1) is 13.7. The van der Waals surface area contributed by atoms with Crippen LogP contribution < -0.4 is 14.8 Å². The van der Waals surface area contributed by atoms with E-state index in [0.29, 0.717) is 12.2 Å². The van der Waals surface area contributed by atoms with Crippen LogP contribution in [-0.4, -0.2) is 46.9 Å². The lowest BCUT2D eigenvalue weighted by molar-refractivity contribution is -0.117. The van der Waals surface area contributed by atoms with Gasteiger partial charge in [-0.05, 0) is 49.7 Å². The monoisotopic (exact) mass is 398 g/mol. The Morgan fingerprint density at radius 2 is 2.14 bits per heavy atom. The molecule has 0 bridgehead atoms. The number of carbonyl (C=O) groups excluding carboxylic acids is 1. The van der Waals surface area contributed by atoms with Crippen molar-refractivity contribution in [1.29, 1.82) is 0 Å². The molecule has 28 heavy (non-hydrogen) atoms. The lowest BCUT2D eigenvalue weighted by Crippen LogP contribution is -2.33. The molecular weight excluding hydrogens is 376 g/mol. The summed E-state index contributed by atoms with van der Waals surface area (Å²) in [5, 5.41) is 2.99. The zero-order valence-electron chi connectivity index (χ0n) is 15.8. The average molecular weight is 398 g/mol. The highest BCUT2D eigenvalue weighted by atomic mass is 32.1. The van der Waals surface area contributed by atoms with Crippen LogP contribution in [0, 0.1) is 0 Å². The first-order valence-electron chi connectivity index (χ1n) is 9.16. The average Bonchev–Trinajstić information content (AvgIpc) is 3.37. The van der Waals surface area contributed by atoms with E-state index >= 15 is 0 Å². The molecule has 1 saturated heterocycles. The minimum Gasteiger partial charge on any atom is -0.497 e. The van der Waals surface area contributed by atoms with Gasteiger partial charge >= 0.3 is 0 Å². The highest BCUT2D eigenvalue weighted by Gasteiger charge is 2.30. The second-order valence-corrected chi connectivity index (χ2v) is 7.25. The fraction of sp³-hybridized carbons (Fsp3) is 0.350. The third kappa shape index (κ3) is 3.65. The molecule has 8 heteroatoms. The van der Waals surface area contributed by atoms with Crippen molar-refractivity contribution in [3.8, 4) is 11.5 Å². The number of hydrogen-bond donors (Lipinski definition) is 1. The molecule has 1 aliphatic rings. The number of methoxy groups -OCH3 is 2. The van der Waals surface area contributed by atoms with E-state index in [4.69, 9.17) is 9.47 Å². The summed E-state index contributed by atoms with van der Waals surface area (Å²) >= 11 is 1.14. The van der Waals surface area contributed by atoms with Gasteiger partial charge in [-0.1, -0.05) is 6.07 Å². The molecule has 2 heterocycles. The van der Waals surface area contributed by atoms with E-state index in [9.17, 15) is 4.79 Å². The smallest absolute Gasteiger partial charge is 0.238 e. The van der Waals surface area contributed by atoms with Gasteiger partial charge in [-0.2, -0.15) is 8.75 Å². The van der Waals surface area contributed by atoms with Gasteiger partial charge in [0.2, 0.25) is 5.91 Å². The third-order valence-electron chi connectivity index (χ3n) is 5.07. The highest BCUT2D eigenvalue weighted by Crippen LogP contribution is 2.38. The molecule has 146 valence electrons. The molecule has 1 unspecified atom stereocenters. The molecule has 1 aliphatic heterocycles. The number of amides is 1. The molecule has 2 aromatic carbocycles. The summed E-state index contributed by atoms with van der Waals surface area (Å²) in [5.41, 5.74) is 3.28. The van der Waals surface area contributed by atoms with Gasteiger partial charge in [0.25, 0.3) is 0 Å². The van der Waals surface area contributed by atoms with Gasteiger partial charge in [0.1, 0.15) is 22.5 Å². The number of anilines is 1. The molecule has 0 saturated carbocycles. The molecule has 3 aromatic rings. The van der Waals surface area contributed by atoms with Crippen molar-refractivity contribution in [2.24, 2.45) is 0 Å². The van der Waals surface area contributed by atoms with Crippen LogP contribution in [0.3, 0.4) is 0 Å². The largest absolute Gasteiger partial charge is 0.497 e. The quantitative estimate of drug-likeness (QED) is 0.685. The van der Waals surface area contributed by atoms with Gasteiger partial charge in [0.15, 0.2) is 0 Å². The first kappa shape index (κ1) is 18.6. The van der Waals surface area contributed by atoms with Crippen molar-refractivity contribution in [2.45, 2.75) is 18.9 Å². The number of ether oxygens (including phenoxy) is 2. The van der Waals surface area contributed by atoms with Crippen molar-refractivity contribution in [2.75, 3.05) is 32.6 Å². The SMILES string of the molecule is COc1ccc(OC)c(C2CCCN2CC(=O)Nc2cccc3nsnc23)c1. The third-order valence-corrected chi connectivity index (χ3v) is 5.61. The Hall–Kier alpha value is -2.71. The van der Waals surface area contributed by atoms with Crippen molar-refractivity contribution in [1.82, 2.24) is 13.6 Å². The van der Waals surface area contributed by atoms with Crippen LogP contribution >= 0.6 is 11.7 Å². The standard InChI is InChI=1S/C20H22N4O3S/c1-26-13-8-9-18(27-2)14(11-13)17-7-4-10-24(17)12-19(25)21-15-5-3-6-16-20(15)23-28-22-16/h3,5-6,8-9,11,17H,4,7,10,12H2,1-2H3,(H,21,25). The highest BCUT2D eigenvalue weighted by molar-refractivity contribution is 7.00. The summed E-state index contributed by atoms with van der Waals surface area (Å²) in [6.45, 7) is 1.17. The summed E-state index contributed by atoms with van der Waals surface area (Å²) in [4.78, 5) is 14.9. The molecule has 1 amide bonds. The molecule has 0 radical (unpaired) electrons. The van der Waals surface area contributed by atoms with E-state index < -0.39 is 0 Å². The normalized spacial score (nSPS) is 17.0. The summed E-state index contributed by atoms with van der Waals surface area (Å²) in [7, 11) is 3.32. The molecule has 4 rings (SSSR count). The van der Waals surface area contributed by atoms with Gasteiger partial charge < -0.3 is 14.8 Å². The topological polar surface area (TPSA) is 76.6 Å². The number of aromatic nitrogens is 2. The molecule has 1 fully saturated rings. The maximum atomic E-state index is 12.7. The summed E-state index contributed by atoms with van der Waals surface area (Å²) in [6, 6.07) is 11.5. The van der Waals surface area contributed by atoms with Gasteiger partial charge in [-0.25, -0.2) is 0 Å². The maximum absolute atomic E-state index is 12.7. The fourth-order valence-electron chi connectivity index (χ4n) is 3.75. The van der Waals surface area contributed by atoms with E-state index in [1.165, 1.54) is 0 Å². The lowest BCUT2D eigenvalue weighted by atomic mass is 10.0. The number of benzene rings is 2. The zero-order chi connectivity index (χ0) is 19.5. The fourth-order valence-corrected chi connectivity index (χ4v) is 4.30. The van der Waals surface area contributed by atoms with Crippen LogP contribution in [-0.2, 0) is 4.79 Å². The summed E-state index contributed by atoms with van der Waals surface area (Å²) < 4.78 is 19.4. The number of nitrogens with one attached hydrogen (secondary N) is 1. The van der Waals surface area contributed by atoms with Crippen LogP contribution in [0.5, 0.6) is 11.5 Å².